The second-order valence-electron chi connectivity index (χ2n) is 8.47. The molecule has 182 valence electrons. The predicted octanol–water partition coefficient (Wildman–Crippen LogP) is 7.07. The third-order valence-electron chi connectivity index (χ3n) is 6.01. The highest BCUT2D eigenvalue weighted by molar-refractivity contribution is 7.16. The van der Waals surface area contributed by atoms with Gasteiger partial charge in [0.05, 0.1) is 23.9 Å². The molecule has 0 saturated carbocycles. The first-order valence-corrected chi connectivity index (χ1v) is 12.9. The monoisotopic (exact) mass is 498 g/mol. The fraction of sp³-hybridized carbons (Fsp3) is 0.207. The number of thiophene rings is 1. The van der Waals surface area contributed by atoms with Gasteiger partial charge < -0.3 is 14.5 Å². The first-order chi connectivity index (χ1) is 17.6. The van der Waals surface area contributed by atoms with Gasteiger partial charge in [0.1, 0.15) is 16.5 Å². The highest BCUT2D eigenvalue weighted by atomic mass is 32.1. The van der Waals surface area contributed by atoms with Gasteiger partial charge in [-0.1, -0.05) is 30.3 Å². The van der Waals surface area contributed by atoms with Crippen LogP contribution in [0.4, 0.5) is 10.7 Å². The zero-order chi connectivity index (χ0) is 24.9. The lowest BCUT2D eigenvalue weighted by Gasteiger charge is -2.12. The van der Waals surface area contributed by atoms with Crippen molar-refractivity contribution in [2.75, 3.05) is 11.9 Å². The number of aliphatic imine (C=N–C) groups is 1. The zero-order valence-electron chi connectivity index (χ0n) is 20.0. The van der Waals surface area contributed by atoms with E-state index in [1.807, 2.05) is 48.5 Å². The molecule has 36 heavy (non-hydrogen) atoms. The summed E-state index contributed by atoms with van der Waals surface area (Å²) in [7, 11) is 0. The molecule has 4 aromatic rings. The van der Waals surface area contributed by atoms with Crippen molar-refractivity contribution in [3.8, 4) is 11.3 Å². The summed E-state index contributed by atoms with van der Waals surface area (Å²) in [6.07, 6.45) is 5.71. The summed E-state index contributed by atoms with van der Waals surface area (Å²) >= 11 is 1.58. The van der Waals surface area contributed by atoms with Gasteiger partial charge in [0, 0.05) is 16.1 Å². The summed E-state index contributed by atoms with van der Waals surface area (Å²) < 4.78 is 11.1. The van der Waals surface area contributed by atoms with Crippen molar-refractivity contribution in [2.24, 2.45) is 4.99 Å². The summed E-state index contributed by atoms with van der Waals surface area (Å²) in [4.78, 5) is 31.3. The molecule has 5 rings (SSSR count). The van der Waals surface area contributed by atoms with E-state index in [0.717, 1.165) is 42.5 Å². The van der Waals surface area contributed by atoms with Crippen LogP contribution in [0.25, 0.3) is 11.3 Å². The number of benzene rings is 2. The van der Waals surface area contributed by atoms with E-state index in [-0.39, 0.29) is 11.9 Å². The van der Waals surface area contributed by atoms with Crippen LogP contribution in [0.1, 0.15) is 56.7 Å². The Balaban J connectivity index is 1.40. The number of ether oxygens (including phenoxy) is 1. The molecule has 0 saturated heterocycles. The van der Waals surface area contributed by atoms with Gasteiger partial charge in [0.25, 0.3) is 5.91 Å². The number of rotatable bonds is 7. The van der Waals surface area contributed by atoms with Crippen LogP contribution in [0.2, 0.25) is 0 Å². The van der Waals surface area contributed by atoms with Crippen LogP contribution >= 0.6 is 11.3 Å². The number of nitrogens with one attached hydrogen (secondary N) is 1. The first kappa shape index (κ1) is 23.8. The lowest BCUT2D eigenvalue weighted by Crippen LogP contribution is -2.14. The number of carbonyl (C=O) groups excluding carboxylic acids is 2. The maximum Gasteiger partial charge on any atom is 0.338 e. The Labute approximate surface area is 213 Å². The Bertz CT molecular complexity index is 1420. The Morgan fingerprint density at radius 3 is 2.72 bits per heavy atom. The number of amides is 1. The minimum absolute atomic E-state index is 0.135. The van der Waals surface area contributed by atoms with Crippen molar-refractivity contribution in [2.45, 2.75) is 32.6 Å². The fourth-order valence-corrected chi connectivity index (χ4v) is 5.54. The summed E-state index contributed by atoms with van der Waals surface area (Å²) in [5, 5.41) is 3.71. The smallest absolute Gasteiger partial charge is 0.338 e. The minimum atomic E-state index is -0.365. The van der Waals surface area contributed by atoms with E-state index < -0.39 is 0 Å². The molecule has 0 bridgehead atoms. The molecule has 1 aliphatic rings. The van der Waals surface area contributed by atoms with Crippen LogP contribution in [-0.4, -0.2) is 24.7 Å². The molecule has 2 aromatic heterocycles. The standard InChI is InChI=1S/C29H26N2O4S/c1-2-34-29(33)20-10-8-9-19(17-20)24-16-15-22(35-24)18-30-28-26(23-13-6-7-14-25(23)36-28)27(32)31-21-11-4-3-5-12-21/h3-5,8-12,15-18H,2,6-7,13-14H2,1H3,(H,31,32). The van der Waals surface area contributed by atoms with Gasteiger partial charge in [-0.05, 0) is 74.6 Å². The van der Waals surface area contributed by atoms with E-state index in [0.29, 0.717) is 34.3 Å². The molecule has 6 nitrogen and oxygen atoms in total. The van der Waals surface area contributed by atoms with E-state index in [2.05, 4.69) is 10.3 Å². The summed E-state index contributed by atoms with van der Waals surface area (Å²) in [6.45, 7) is 2.10. The topological polar surface area (TPSA) is 80.9 Å². The molecular formula is C29H26N2O4S. The second kappa shape index (κ2) is 10.7. The highest BCUT2D eigenvalue weighted by Gasteiger charge is 2.25. The molecule has 2 heterocycles. The maximum atomic E-state index is 13.3. The summed E-state index contributed by atoms with van der Waals surface area (Å²) in [6, 6.07) is 20.3. The molecular weight excluding hydrogens is 472 g/mol. The lowest BCUT2D eigenvalue weighted by atomic mass is 9.95. The number of nitrogens with zero attached hydrogens (tertiary/aromatic N) is 1. The van der Waals surface area contributed by atoms with Crippen LogP contribution in [0.3, 0.4) is 0 Å². The molecule has 7 heteroatoms. The van der Waals surface area contributed by atoms with Crippen LogP contribution < -0.4 is 5.32 Å². The Hall–Kier alpha value is -3.97. The Kier molecular flexibility index (Phi) is 7.09. The number of hydrogen-bond donors (Lipinski definition) is 1. The minimum Gasteiger partial charge on any atom is -0.462 e. The van der Waals surface area contributed by atoms with Gasteiger partial charge >= 0.3 is 5.97 Å². The number of hydrogen-bond acceptors (Lipinski definition) is 6. The maximum absolute atomic E-state index is 13.3. The second-order valence-corrected chi connectivity index (χ2v) is 9.56. The zero-order valence-corrected chi connectivity index (χ0v) is 20.8. The molecule has 0 fully saturated rings. The van der Waals surface area contributed by atoms with Gasteiger partial charge in [0.2, 0.25) is 0 Å². The van der Waals surface area contributed by atoms with Crippen molar-refractivity contribution in [3.63, 3.8) is 0 Å². The van der Waals surface area contributed by atoms with Gasteiger partial charge in [-0.2, -0.15) is 0 Å². The molecule has 0 spiro atoms. The third-order valence-corrected chi connectivity index (χ3v) is 7.21. The Morgan fingerprint density at radius 1 is 1.06 bits per heavy atom. The summed E-state index contributed by atoms with van der Waals surface area (Å²) in [5.74, 6) is 0.682. The van der Waals surface area contributed by atoms with Crippen molar-refractivity contribution in [1.29, 1.82) is 0 Å². The molecule has 0 radical (unpaired) electrons. The van der Waals surface area contributed by atoms with Crippen LogP contribution in [0, 0.1) is 0 Å². The van der Waals surface area contributed by atoms with Gasteiger partial charge in [0.15, 0.2) is 0 Å². The van der Waals surface area contributed by atoms with Gasteiger partial charge in [-0.15, -0.1) is 11.3 Å². The van der Waals surface area contributed by atoms with Crippen LogP contribution in [0.15, 0.2) is 76.1 Å². The first-order valence-electron chi connectivity index (χ1n) is 12.0. The average molecular weight is 499 g/mol. The normalized spacial score (nSPS) is 12.9. The number of carbonyl (C=O) groups is 2. The van der Waals surface area contributed by atoms with E-state index in [4.69, 9.17) is 9.15 Å². The molecule has 1 amide bonds. The molecule has 0 atom stereocenters. The van der Waals surface area contributed by atoms with Crippen molar-refractivity contribution >= 4 is 40.1 Å². The molecule has 1 N–H and O–H groups in total. The van der Waals surface area contributed by atoms with Crippen molar-refractivity contribution in [1.82, 2.24) is 0 Å². The average Bonchev–Trinajstić information content (AvgIpc) is 3.53. The van der Waals surface area contributed by atoms with E-state index in [1.165, 1.54) is 4.88 Å². The number of aryl methyl sites for hydroxylation is 1. The number of fused-ring (bicyclic) bond motifs is 1. The van der Waals surface area contributed by atoms with Crippen LogP contribution in [0.5, 0.6) is 0 Å². The fourth-order valence-electron chi connectivity index (χ4n) is 4.31. The van der Waals surface area contributed by atoms with E-state index in [9.17, 15) is 9.59 Å². The van der Waals surface area contributed by atoms with Crippen molar-refractivity contribution < 1.29 is 18.7 Å². The number of furan rings is 1. The number of para-hydroxylation sites is 1. The molecule has 0 unspecified atom stereocenters. The van der Waals surface area contributed by atoms with E-state index in [1.54, 1.807) is 42.7 Å². The largest absolute Gasteiger partial charge is 0.462 e. The van der Waals surface area contributed by atoms with Crippen LogP contribution in [-0.2, 0) is 17.6 Å². The highest BCUT2D eigenvalue weighted by Crippen LogP contribution is 2.40. The molecule has 1 aliphatic carbocycles. The van der Waals surface area contributed by atoms with E-state index >= 15 is 0 Å². The number of esters is 1. The third kappa shape index (κ3) is 5.16. The predicted molar refractivity (Wildman–Crippen MR) is 143 cm³/mol. The summed E-state index contributed by atoms with van der Waals surface area (Å²) in [5.41, 5.74) is 3.77. The van der Waals surface area contributed by atoms with Gasteiger partial charge in [-0.25, -0.2) is 9.79 Å². The SMILES string of the molecule is CCOC(=O)c1cccc(-c2ccc(C=Nc3sc4c(c3C(=O)Nc3ccccc3)CCCC4)o2)c1. The quantitative estimate of drug-likeness (QED) is 0.218. The molecule has 0 aliphatic heterocycles. The van der Waals surface area contributed by atoms with Gasteiger partial charge in [-0.3, -0.25) is 4.79 Å². The Morgan fingerprint density at radius 2 is 1.89 bits per heavy atom. The number of anilines is 1. The van der Waals surface area contributed by atoms with Crippen molar-refractivity contribution in [3.05, 3.63) is 94.1 Å². The lowest BCUT2D eigenvalue weighted by molar-refractivity contribution is 0.0526. The molecule has 2 aromatic carbocycles.